The van der Waals surface area contributed by atoms with Crippen molar-refractivity contribution >= 4 is 11.9 Å². The minimum Gasteiger partial charge on any atom is -0.486 e. The average molecular weight is 381 g/mol. The Labute approximate surface area is 163 Å². The van der Waals surface area contributed by atoms with E-state index in [1.54, 1.807) is 30.3 Å². The predicted molar refractivity (Wildman–Crippen MR) is 102 cm³/mol. The molecule has 1 atom stereocenters. The molecule has 0 unspecified atom stereocenters. The van der Waals surface area contributed by atoms with Gasteiger partial charge < -0.3 is 19.5 Å². The standard InChI is InChI=1S/C22H23NO5/c24-21(23-17-8-4-5-9-17)20(15-6-2-1-3-7-15)28-22(25)16-10-11-18-19(14-16)27-13-12-26-18/h1-3,6-7,10-11,14,17,20H,4-5,8-9,12-13H2,(H,23,24)/t20-/m0/s1. The van der Waals surface area contributed by atoms with Gasteiger partial charge in [0.1, 0.15) is 13.2 Å². The molecule has 1 fully saturated rings. The van der Waals surface area contributed by atoms with Gasteiger partial charge in [-0.05, 0) is 31.0 Å². The fraction of sp³-hybridized carbons (Fsp3) is 0.364. The van der Waals surface area contributed by atoms with E-state index in [1.165, 1.54) is 0 Å². The average Bonchev–Trinajstić information content (AvgIpc) is 3.25. The van der Waals surface area contributed by atoms with Gasteiger partial charge in [-0.3, -0.25) is 4.79 Å². The van der Waals surface area contributed by atoms with Crippen molar-refractivity contribution in [3.63, 3.8) is 0 Å². The number of nitrogens with one attached hydrogen (secondary N) is 1. The van der Waals surface area contributed by atoms with Gasteiger partial charge in [0.15, 0.2) is 11.5 Å². The number of fused-ring (bicyclic) bond motifs is 1. The summed E-state index contributed by atoms with van der Waals surface area (Å²) < 4.78 is 16.6. The van der Waals surface area contributed by atoms with Gasteiger partial charge in [-0.1, -0.05) is 43.2 Å². The highest BCUT2D eigenvalue weighted by Crippen LogP contribution is 2.31. The third-order valence-corrected chi connectivity index (χ3v) is 5.04. The lowest BCUT2D eigenvalue weighted by Gasteiger charge is -2.21. The van der Waals surface area contributed by atoms with E-state index >= 15 is 0 Å². The minimum absolute atomic E-state index is 0.145. The fourth-order valence-electron chi connectivity index (χ4n) is 3.59. The Morgan fingerprint density at radius 1 is 0.964 bits per heavy atom. The normalized spacial score (nSPS) is 17.0. The SMILES string of the molecule is O=C(O[C@H](C(=O)NC1CCCC1)c1ccccc1)c1ccc2c(c1)OCCO2. The Balaban J connectivity index is 1.53. The number of benzene rings is 2. The van der Waals surface area contributed by atoms with E-state index < -0.39 is 12.1 Å². The highest BCUT2D eigenvalue weighted by molar-refractivity contribution is 5.93. The van der Waals surface area contributed by atoms with Crippen LogP contribution in [0.2, 0.25) is 0 Å². The Morgan fingerprint density at radius 3 is 2.43 bits per heavy atom. The molecule has 28 heavy (non-hydrogen) atoms. The number of carbonyl (C=O) groups excluding carboxylic acids is 2. The van der Waals surface area contributed by atoms with Gasteiger partial charge in [-0.15, -0.1) is 0 Å². The Morgan fingerprint density at radius 2 is 1.68 bits per heavy atom. The summed E-state index contributed by atoms with van der Waals surface area (Å²) in [6.07, 6.45) is 3.14. The van der Waals surface area contributed by atoms with Crippen LogP contribution in [-0.4, -0.2) is 31.1 Å². The molecule has 6 heteroatoms. The molecular formula is C22H23NO5. The molecule has 146 valence electrons. The van der Waals surface area contributed by atoms with Gasteiger partial charge in [0.25, 0.3) is 5.91 Å². The van der Waals surface area contributed by atoms with Crippen LogP contribution in [0.25, 0.3) is 0 Å². The molecule has 2 aliphatic rings. The molecule has 1 amide bonds. The minimum atomic E-state index is -0.998. The maximum Gasteiger partial charge on any atom is 0.339 e. The van der Waals surface area contributed by atoms with Crippen LogP contribution in [0.5, 0.6) is 11.5 Å². The number of amides is 1. The summed E-state index contributed by atoms with van der Waals surface area (Å²) in [5.74, 6) is 0.241. The maximum absolute atomic E-state index is 12.9. The van der Waals surface area contributed by atoms with Crippen LogP contribution in [-0.2, 0) is 9.53 Å². The van der Waals surface area contributed by atoms with Gasteiger partial charge in [-0.2, -0.15) is 0 Å². The van der Waals surface area contributed by atoms with Crippen LogP contribution < -0.4 is 14.8 Å². The summed E-state index contributed by atoms with van der Waals surface area (Å²) in [6.45, 7) is 0.913. The molecule has 0 aromatic heterocycles. The largest absolute Gasteiger partial charge is 0.486 e. The van der Waals surface area contributed by atoms with Crippen LogP contribution in [0.4, 0.5) is 0 Å². The van der Waals surface area contributed by atoms with E-state index in [2.05, 4.69) is 5.32 Å². The molecule has 6 nitrogen and oxygen atoms in total. The monoisotopic (exact) mass is 381 g/mol. The number of ether oxygens (including phenoxy) is 3. The van der Waals surface area contributed by atoms with Crippen molar-refractivity contribution < 1.29 is 23.8 Å². The van der Waals surface area contributed by atoms with E-state index in [4.69, 9.17) is 14.2 Å². The molecular weight excluding hydrogens is 358 g/mol. The van der Waals surface area contributed by atoms with Crippen LogP contribution in [0, 0.1) is 0 Å². The van der Waals surface area contributed by atoms with E-state index in [1.807, 2.05) is 18.2 Å². The van der Waals surface area contributed by atoms with Crippen LogP contribution in [0.3, 0.4) is 0 Å². The highest BCUT2D eigenvalue weighted by Gasteiger charge is 2.29. The predicted octanol–water partition coefficient (Wildman–Crippen LogP) is 3.41. The summed E-state index contributed by atoms with van der Waals surface area (Å²) in [5.41, 5.74) is 0.961. The lowest BCUT2D eigenvalue weighted by molar-refractivity contribution is -0.131. The van der Waals surface area contributed by atoms with Crippen molar-refractivity contribution in [1.29, 1.82) is 0 Å². The first-order valence-electron chi connectivity index (χ1n) is 9.66. The van der Waals surface area contributed by atoms with Gasteiger partial charge in [0, 0.05) is 11.6 Å². The quantitative estimate of drug-likeness (QED) is 0.804. The van der Waals surface area contributed by atoms with Gasteiger partial charge in [0.2, 0.25) is 6.10 Å². The van der Waals surface area contributed by atoms with Crippen molar-refractivity contribution in [3.8, 4) is 11.5 Å². The van der Waals surface area contributed by atoms with E-state index in [-0.39, 0.29) is 11.9 Å². The molecule has 0 bridgehead atoms. The molecule has 1 aliphatic carbocycles. The molecule has 1 aliphatic heterocycles. The lowest BCUT2D eigenvalue weighted by Crippen LogP contribution is -2.38. The van der Waals surface area contributed by atoms with Crippen molar-refractivity contribution in [2.45, 2.75) is 37.8 Å². The molecule has 2 aromatic rings. The van der Waals surface area contributed by atoms with Crippen molar-refractivity contribution in [2.75, 3.05) is 13.2 Å². The number of hydrogen-bond acceptors (Lipinski definition) is 5. The fourth-order valence-corrected chi connectivity index (χ4v) is 3.59. The molecule has 2 aromatic carbocycles. The highest BCUT2D eigenvalue weighted by atomic mass is 16.6. The second kappa shape index (κ2) is 8.33. The van der Waals surface area contributed by atoms with Gasteiger partial charge in [-0.25, -0.2) is 4.79 Å². The number of carbonyl (C=O) groups is 2. The van der Waals surface area contributed by atoms with E-state index in [0.717, 1.165) is 25.7 Å². The van der Waals surface area contributed by atoms with Crippen LogP contribution >= 0.6 is 0 Å². The zero-order chi connectivity index (χ0) is 19.3. The first-order chi connectivity index (χ1) is 13.7. The zero-order valence-electron chi connectivity index (χ0n) is 15.6. The smallest absolute Gasteiger partial charge is 0.339 e. The zero-order valence-corrected chi connectivity index (χ0v) is 15.6. The lowest BCUT2D eigenvalue weighted by atomic mass is 10.1. The maximum atomic E-state index is 12.9. The second-order valence-corrected chi connectivity index (χ2v) is 7.04. The summed E-state index contributed by atoms with van der Waals surface area (Å²) in [5, 5.41) is 3.02. The molecule has 1 saturated carbocycles. The van der Waals surface area contributed by atoms with Crippen LogP contribution in [0.15, 0.2) is 48.5 Å². The number of rotatable bonds is 5. The van der Waals surface area contributed by atoms with Gasteiger partial charge in [0.05, 0.1) is 5.56 Å². The van der Waals surface area contributed by atoms with E-state index in [9.17, 15) is 9.59 Å². The third kappa shape index (κ3) is 4.11. The number of hydrogen-bond donors (Lipinski definition) is 1. The summed E-state index contributed by atoms with van der Waals surface area (Å²) in [6, 6.07) is 14.1. The molecule has 0 saturated heterocycles. The second-order valence-electron chi connectivity index (χ2n) is 7.04. The Kier molecular flexibility index (Phi) is 5.46. The van der Waals surface area contributed by atoms with Crippen LogP contribution in [0.1, 0.15) is 47.7 Å². The topological polar surface area (TPSA) is 73.9 Å². The van der Waals surface area contributed by atoms with Crippen molar-refractivity contribution in [2.24, 2.45) is 0 Å². The molecule has 1 heterocycles. The summed E-state index contributed by atoms with van der Waals surface area (Å²) >= 11 is 0. The van der Waals surface area contributed by atoms with E-state index in [0.29, 0.717) is 35.8 Å². The summed E-state index contributed by atoms with van der Waals surface area (Å²) in [4.78, 5) is 25.6. The summed E-state index contributed by atoms with van der Waals surface area (Å²) in [7, 11) is 0. The third-order valence-electron chi connectivity index (χ3n) is 5.04. The molecule has 0 radical (unpaired) electrons. The number of esters is 1. The molecule has 4 rings (SSSR count). The van der Waals surface area contributed by atoms with Crippen molar-refractivity contribution in [1.82, 2.24) is 5.32 Å². The first-order valence-corrected chi connectivity index (χ1v) is 9.66. The van der Waals surface area contributed by atoms with Crippen molar-refractivity contribution in [3.05, 3.63) is 59.7 Å². The molecule has 1 N–H and O–H groups in total. The van der Waals surface area contributed by atoms with Gasteiger partial charge >= 0.3 is 5.97 Å². The Hall–Kier alpha value is -3.02. The molecule has 0 spiro atoms. The first kappa shape index (κ1) is 18.3. The Bertz CT molecular complexity index is 845.